The van der Waals surface area contributed by atoms with E-state index in [9.17, 15) is 19.5 Å². The van der Waals surface area contributed by atoms with Crippen LogP contribution in [0.25, 0.3) is 0 Å². The molecular weight excluding hydrogens is 320 g/mol. The van der Waals surface area contributed by atoms with Gasteiger partial charge in [0.2, 0.25) is 5.91 Å². The van der Waals surface area contributed by atoms with Gasteiger partial charge in [0.15, 0.2) is 0 Å². The Kier molecular flexibility index (Phi) is 3.98. The highest BCUT2D eigenvalue weighted by molar-refractivity contribution is 5.99. The number of likely N-dealkylation sites (tertiary alicyclic amines) is 1. The lowest BCUT2D eigenvalue weighted by Gasteiger charge is -2.19. The molecule has 3 fully saturated rings. The summed E-state index contributed by atoms with van der Waals surface area (Å²) in [5.41, 5.74) is 1.28. The van der Waals surface area contributed by atoms with Crippen molar-refractivity contribution in [2.75, 3.05) is 24.5 Å². The Labute approximate surface area is 146 Å². The Hall–Kier alpha value is -2.37. The summed E-state index contributed by atoms with van der Waals surface area (Å²) in [6.07, 6.45) is 3.53. The lowest BCUT2D eigenvalue weighted by atomic mass is 9.92. The molecule has 3 aliphatic rings. The SMILES string of the molecule is O=C(O)[C@H]1CN(C(=O)c2cccc(N3CCCC3=O)c2)C[C@@H]1C1CC1. The van der Waals surface area contributed by atoms with Crippen molar-refractivity contribution in [1.29, 1.82) is 0 Å². The van der Waals surface area contributed by atoms with E-state index in [0.29, 0.717) is 31.0 Å². The van der Waals surface area contributed by atoms with E-state index in [1.807, 2.05) is 6.07 Å². The summed E-state index contributed by atoms with van der Waals surface area (Å²) in [6.45, 7) is 1.49. The summed E-state index contributed by atoms with van der Waals surface area (Å²) < 4.78 is 0. The van der Waals surface area contributed by atoms with Gasteiger partial charge in [-0.1, -0.05) is 6.07 Å². The molecule has 1 aliphatic carbocycles. The van der Waals surface area contributed by atoms with E-state index in [-0.39, 0.29) is 24.3 Å². The second-order valence-electron chi connectivity index (χ2n) is 7.36. The Bertz CT molecular complexity index is 728. The molecule has 2 saturated heterocycles. The van der Waals surface area contributed by atoms with Crippen molar-refractivity contribution in [3.05, 3.63) is 29.8 Å². The maximum atomic E-state index is 12.9. The fourth-order valence-corrected chi connectivity index (χ4v) is 4.17. The highest BCUT2D eigenvalue weighted by Gasteiger charge is 2.46. The summed E-state index contributed by atoms with van der Waals surface area (Å²) in [4.78, 5) is 39.7. The number of anilines is 1. The number of carbonyl (C=O) groups is 3. The third kappa shape index (κ3) is 3.01. The van der Waals surface area contributed by atoms with E-state index in [2.05, 4.69) is 0 Å². The molecule has 1 saturated carbocycles. The summed E-state index contributed by atoms with van der Waals surface area (Å²) in [7, 11) is 0. The van der Waals surface area contributed by atoms with E-state index in [1.165, 1.54) is 0 Å². The van der Waals surface area contributed by atoms with Gasteiger partial charge in [-0.15, -0.1) is 0 Å². The topological polar surface area (TPSA) is 77.9 Å². The minimum atomic E-state index is -0.802. The van der Waals surface area contributed by atoms with Crippen LogP contribution in [0.2, 0.25) is 0 Å². The number of hydrogen-bond acceptors (Lipinski definition) is 3. The molecule has 0 spiro atoms. The molecule has 0 bridgehead atoms. The predicted octanol–water partition coefficient (Wildman–Crippen LogP) is 2.00. The molecule has 1 aromatic carbocycles. The maximum Gasteiger partial charge on any atom is 0.308 e. The van der Waals surface area contributed by atoms with Crippen LogP contribution in [-0.2, 0) is 9.59 Å². The lowest BCUT2D eigenvalue weighted by Crippen LogP contribution is -2.30. The van der Waals surface area contributed by atoms with Gasteiger partial charge in [0.1, 0.15) is 0 Å². The minimum absolute atomic E-state index is 0.0739. The Morgan fingerprint density at radius 2 is 1.96 bits per heavy atom. The van der Waals surface area contributed by atoms with Crippen molar-refractivity contribution >= 4 is 23.5 Å². The first kappa shape index (κ1) is 16.1. The number of amides is 2. The number of hydrogen-bond donors (Lipinski definition) is 1. The number of nitrogens with zero attached hydrogens (tertiary/aromatic N) is 2. The van der Waals surface area contributed by atoms with Gasteiger partial charge < -0.3 is 14.9 Å². The zero-order valence-corrected chi connectivity index (χ0v) is 14.1. The number of carbonyl (C=O) groups excluding carboxylic acids is 2. The van der Waals surface area contributed by atoms with E-state index in [0.717, 1.165) is 24.9 Å². The average Bonchev–Trinajstić information content (AvgIpc) is 3.20. The monoisotopic (exact) mass is 342 g/mol. The minimum Gasteiger partial charge on any atom is -0.481 e. The van der Waals surface area contributed by atoms with E-state index >= 15 is 0 Å². The van der Waals surface area contributed by atoms with Crippen LogP contribution in [0.1, 0.15) is 36.0 Å². The first-order valence-electron chi connectivity index (χ1n) is 8.97. The number of benzene rings is 1. The smallest absolute Gasteiger partial charge is 0.308 e. The fourth-order valence-electron chi connectivity index (χ4n) is 4.17. The van der Waals surface area contributed by atoms with Crippen molar-refractivity contribution < 1.29 is 19.5 Å². The average molecular weight is 342 g/mol. The molecule has 6 nitrogen and oxygen atoms in total. The molecule has 0 radical (unpaired) electrons. The van der Waals surface area contributed by atoms with Gasteiger partial charge in [0.25, 0.3) is 5.91 Å². The van der Waals surface area contributed by atoms with Gasteiger partial charge in [0, 0.05) is 37.3 Å². The molecule has 25 heavy (non-hydrogen) atoms. The third-order valence-electron chi connectivity index (χ3n) is 5.68. The first-order chi connectivity index (χ1) is 12.0. The molecule has 2 aliphatic heterocycles. The standard InChI is InChI=1S/C19H22N2O4/c22-17-5-2-8-21(17)14-4-1-3-13(9-14)18(23)20-10-15(12-6-7-12)16(11-20)19(24)25/h1,3-4,9,12,15-16H,2,5-8,10-11H2,(H,24,25)/t15-,16+/m1/s1. The van der Waals surface area contributed by atoms with E-state index in [4.69, 9.17) is 0 Å². The van der Waals surface area contributed by atoms with Gasteiger partial charge >= 0.3 is 5.97 Å². The van der Waals surface area contributed by atoms with Gasteiger partial charge in [-0.2, -0.15) is 0 Å². The molecule has 6 heteroatoms. The number of carboxylic acids is 1. The largest absolute Gasteiger partial charge is 0.481 e. The molecule has 4 rings (SSSR count). The molecule has 0 aromatic heterocycles. The molecule has 2 atom stereocenters. The quantitative estimate of drug-likeness (QED) is 0.908. The Balaban J connectivity index is 1.53. The second-order valence-corrected chi connectivity index (χ2v) is 7.36. The van der Waals surface area contributed by atoms with Crippen LogP contribution in [0.3, 0.4) is 0 Å². The highest BCUT2D eigenvalue weighted by Crippen LogP contribution is 2.44. The molecule has 0 unspecified atom stereocenters. The predicted molar refractivity (Wildman–Crippen MR) is 91.3 cm³/mol. The third-order valence-corrected chi connectivity index (χ3v) is 5.68. The van der Waals surface area contributed by atoms with Crippen LogP contribution in [-0.4, -0.2) is 47.4 Å². The van der Waals surface area contributed by atoms with Crippen LogP contribution in [0.5, 0.6) is 0 Å². The van der Waals surface area contributed by atoms with Crippen molar-refractivity contribution in [3.63, 3.8) is 0 Å². The Morgan fingerprint density at radius 1 is 1.16 bits per heavy atom. The van der Waals surface area contributed by atoms with Gasteiger partial charge in [-0.05, 0) is 49.3 Å². The zero-order valence-electron chi connectivity index (χ0n) is 14.1. The second kappa shape index (κ2) is 6.17. The van der Waals surface area contributed by atoms with Gasteiger partial charge in [0.05, 0.1) is 5.92 Å². The summed E-state index contributed by atoms with van der Waals surface area (Å²) in [6, 6.07) is 7.13. The fraction of sp³-hybridized carbons (Fsp3) is 0.526. The van der Waals surface area contributed by atoms with Crippen molar-refractivity contribution in [2.24, 2.45) is 17.8 Å². The van der Waals surface area contributed by atoms with Gasteiger partial charge in [-0.3, -0.25) is 14.4 Å². The van der Waals surface area contributed by atoms with Crippen LogP contribution in [0.4, 0.5) is 5.69 Å². The Morgan fingerprint density at radius 3 is 2.60 bits per heavy atom. The normalized spacial score (nSPS) is 26.3. The maximum absolute atomic E-state index is 12.9. The molecule has 1 N–H and O–H groups in total. The zero-order chi connectivity index (χ0) is 17.6. The summed E-state index contributed by atoms with van der Waals surface area (Å²) in [5, 5.41) is 9.47. The lowest BCUT2D eigenvalue weighted by molar-refractivity contribution is -0.142. The van der Waals surface area contributed by atoms with Gasteiger partial charge in [-0.25, -0.2) is 0 Å². The van der Waals surface area contributed by atoms with Crippen LogP contribution in [0.15, 0.2) is 24.3 Å². The first-order valence-corrected chi connectivity index (χ1v) is 8.97. The van der Waals surface area contributed by atoms with Crippen molar-refractivity contribution in [2.45, 2.75) is 25.7 Å². The number of rotatable bonds is 4. The summed E-state index contributed by atoms with van der Waals surface area (Å²) in [5.74, 6) is -0.783. The highest BCUT2D eigenvalue weighted by atomic mass is 16.4. The van der Waals surface area contributed by atoms with Crippen LogP contribution < -0.4 is 4.90 Å². The summed E-state index contributed by atoms with van der Waals surface area (Å²) >= 11 is 0. The van der Waals surface area contributed by atoms with E-state index < -0.39 is 11.9 Å². The number of aliphatic carboxylic acids is 1. The molecule has 2 heterocycles. The molecular formula is C19H22N2O4. The van der Waals surface area contributed by atoms with E-state index in [1.54, 1.807) is 28.0 Å². The van der Waals surface area contributed by atoms with Crippen molar-refractivity contribution in [3.8, 4) is 0 Å². The van der Waals surface area contributed by atoms with Crippen molar-refractivity contribution in [1.82, 2.24) is 4.90 Å². The molecule has 2 amide bonds. The van der Waals surface area contributed by atoms with Crippen LogP contribution in [0, 0.1) is 17.8 Å². The molecule has 1 aromatic rings. The number of carboxylic acid groups (broad SMARTS) is 1. The van der Waals surface area contributed by atoms with Crippen LogP contribution >= 0.6 is 0 Å². The molecule has 132 valence electrons.